The Kier molecular flexibility index (Phi) is 5.29. The van der Waals surface area contributed by atoms with Crippen LogP contribution >= 0.6 is 0 Å². The van der Waals surface area contributed by atoms with Gasteiger partial charge in [0.25, 0.3) is 0 Å². The lowest BCUT2D eigenvalue weighted by Crippen LogP contribution is -2.42. The summed E-state index contributed by atoms with van der Waals surface area (Å²) in [4.78, 5) is -0.790. The molecule has 0 bridgehead atoms. The summed E-state index contributed by atoms with van der Waals surface area (Å²) in [6.45, 7) is 3.69. The Morgan fingerprint density at radius 1 is 1.25 bits per heavy atom. The number of benzene rings is 1. The van der Waals surface area contributed by atoms with E-state index in [4.69, 9.17) is 0 Å². The van der Waals surface area contributed by atoms with Gasteiger partial charge in [-0.05, 0) is 18.1 Å². The second kappa shape index (κ2) is 6.89. The van der Waals surface area contributed by atoms with E-state index in [1.807, 2.05) is 0 Å². The molecular weight excluding hydrogens is 345 g/mol. The number of sulfonamides is 1. The molecule has 1 N–H and O–H groups in total. The summed E-state index contributed by atoms with van der Waals surface area (Å²) >= 11 is 0. The first kappa shape index (κ1) is 18.4. The topological polar surface area (TPSA) is 76.9 Å². The molecule has 0 fully saturated rings. The van der Waals surface area contributed by atoms with Crippen molar-refractivity contribution in [2.75, 3.05) is 0 Å². The molecule has 1 heterocycles. The normalized spacial score (nSPS) is 14.1. The zero-order valence-corrected chi connectivity index (χ0v) is 13.8. The van der Waals surface area contributed by atoms with Crippen molar-refractivity contribution in [3.8, 4) is 0 Å². The van der Waals surface area contributed by atoms with Crippen molar-refractivity contribution in [3.05, 3.63) is 42.2 Å². The lowest BCUT2D eigenvalue weighted by Gasteiger charge is -2.23. The number of nitrogens with one attached hydrogen (secondary N) is 1. The molecule has 0 radical (unpaired) electrons. The summed E-state index contributed by atoms with van der Waals surface area (Å²) in [5.74, 6) is -0.165. The molecule has 0 unspecified atom stereocenters. The van der Waals surface area contributed by atoms with Crippen LogP contribution in [0.15, 0.2) is 41.6 Å². The van der Waals surface area contributed by atoms with E-state index in [1.165, 1.54) is 16.9 Å². The second-order valence-electron chi connectivity index (χ2n) is 5.59. The number of halogens is 3. The van der Waals surface area contributed by atoms with Gasteiger partial charge in [-0.2, -0.15) is 13.2 Å². The van der Waals surface area contributed by atoms with Crippen LogP contribution in [-0.2, 0) is 22.7 Å². The molecule has 0 amide bonds. The summed E-state index contributed by atoms with van der Waals surface area (Å²) in [6.07, 6.45) is -1.78. The molecule has 2 aromatic rings. The van der Waals surface area contributed by atoms with E-state index < -0.39 is 32.7 Å². The van der Waals surface area contributed by atoms with Gasteiger partial charge >= 0.3 is 6.18 Å². The summed E-state index contributed by atoms with van der Waals surface area (Å²) < 4.78 is 67.9. The predicted molar refractivity (Wildman–Crippen MR) is 80.4 cm³/mol. The Morgan fingerprint density at radius 2 is 1.92 bits per heavy atom. The minimum absolute atomic E-state index is 0.158. The Labute approximate surface area is 137 Å². The van der Waals surface area contributed by atoms with Gasteiger partial charge in [0.15, 0.2) is 0 Å². The van der Waals surface area contributed by atoms with Crippen LogP contribution in [-0.4, -0.2) is 29.5 Å². The molecule has 0 aliphatic rings. The summed E-state index contributed by atoms with van der Waals surface area (Å²) in [5, 5.41) is 7.37. The SMILES string of the molecule is CC(C)[C@H](Cn1ccnn1)NS(=O)(=O)c1ccccc1C(F)(F)F. The highest BCUT2D eigenvalue weighted by molar-refractivity contribution is 7.89. The molecule has 1 aromatic carbocycles. The largest absolute Gasteiger partial charge is 0.417 e. The van der Waals surface area contributed by atoms with Gasteiger partial charge in [0.2, 0.25) is 10.0 Å². The summed E-state index contributed by atoms with van der Waals surface area (Å²) in [5.41, 5.74) is -1.19. The second-order valence-corrected chi connectivity index (χ2v) is 7.27. The predicted octanol–water partition coefficient (Wildman–Crippen LogP) is 2.30. The third kappa shape index (κ3) is 4.32. The quantitative estimate of drug-likeness (QED) is 0.855. The maximum Gasteiger partial charge on any atom is 0.417 e. The first-order valence-electron chi connectivity index (χ1n) is 7.14. The highest BCUT2D eigenvalue weighted by atomic mass is 32.2. The number of aromatic nitrogens is 3. The molecule has 1 atom stereocenters. The third-order valence-electron chi connectivity index (χ3n) is 3.45. The molecule has 6 nitrogen and oxygen atoms in total. The van der Waals surface area contributed by atoms with Crippen molar-refractivity contribution in [1.29, 1.82) is 0 Å². The van der Waals surface area contributed by atoms with Crippen molar-refractivity contribution < 1.29 is 21.6 Å². The fourth-order valence-corrected chi connectivity index (χ4v) is 3.72. The van der Waals surface area contributed by atoms with Gasteiger partial charge in [-0.1, -0.05) is 31.2 Å². The average molecular weight is 362 g/mol. The maximum absolute atomic E-state index is 13.1. The van der Waals surface area contributed by atoms with Crippen molar-refractivity contribution >= 4 is 10.0 Å². The van der Waals surface area contributed by atoms with Crippen LogP contribution in [0.2, 0.25) is 0 Å². The van der Waals surface area contributed by atoms with Crippen molar-refractivity contribution in [1.82, 2.24) is 19.7 Å². The van der Waals surface area contributed by atoms with E-state index in [9.17, 15) is 21.6 Å². The molecule has 132 valence electrons. The fraction of sp³-hybridized carbons (Fsp3) is 0.429. The van der Waals surface area contributed by atoms with Crippen LogP contribution in [0.4, 0.5) is 13.2 Å². The number of hydrogen-bond acceptors (Lipinski definition) is 4. The zero-order valence-electron chi connectivity index (χ0n) is 13.0. The minimum atomic E-state index is -4.76. The van der Waals surface area contributed by atoms with E-state index in [2.05, 4.69) is 15.0 Å². The van der Waals surface area contributed by atoms with Crippen LogP contribution in [0.25, 0.3) is 0 Å². The number of rotatable bonds is 6. The standard InChI is InChI=1S/C14H17F3N4O2S/c1-10(2)12(9-21-8-7-18-20-21)19-24(22,23)13-6-4-3-5-11(13)14(15,16)17/h3-8,10,12,19H,9H2,1-2H3/t12-/m0/s1. The Balaban J connectivity index is 2.33. The van der Waals surface area contributed by atoms with Gasteiger partial charge in [-0.15, -0.1) is 5.10 Å². The van der Waals surface area contributed by atoms with E-state index >= 15 is 0 Å². The van der Waals surface area contributed by atoms with Crippen LogP contribution in [0.5, 0.6) is 0 Å². The summed E-state index contributed by atoms with van der Waals surface area (Å²) in [6, 6.07) is 3.45. The number of nitrogens with zero attached hydrogens (tertiary/aromatic N) is 3. The van der Waals surface area contributed by atoms with E-state index in [0.717, 1.165) is 18.2 Å². The van der Waals surface area contributed by atoms with Gasteiger partial charge in [0.1, 0.15) is 0 Å². The van der Waals surface area contributed by atoms with Gasteiger partial charge in [0.05, 0.1) is 23.2 Å². The Hall–Kier alpha value is -1.94. The molecule has 0 aliphatic heterocycles. The minimum Gasteiger partial charge on any atom is -0.251 e. The van der Waals surface area contributed by atoms with Crippen molar-refractivity contribution in [3.63, 3.8) is 0 Å². The lowest BCUT2D eigenvalue weighted by atomic mass is 10.1. The smallest absolute Gasteiger partial charge is 0.251 e. The van der Waals surface area contributed by atoms with Crippen LogP contribution in [0, 0.1) is 5.92 Å². The molecule has 0 saturated carbocycles. The third-order valence-corrected chi connectivity index (χ3v) is 5.00. The molecule has 24 heavy (non-hydrogen) atoms. The first-order valence-corrected chi connectivity index (χ1v) is 8.62. The van der Waals surface area contributed by atoms with Crippen molar-refractivity contribution in [2.45, 2.75) is 37.5 Å². The molecular formula is C14H17F3N4O2S. The molecule has 0 aliphatic carbocycles. The molecule has 10 heteroatoms. The maximum atomic E-state index is 13.1. The highest BCUT2D eigenvalue weighted by Gasteiger charge is 2.37. The molecule has 1 aromatic heterocycles. The van der Waals surface area contributed by atoms with Gasteiger partial charge < -0.3 is 0 Å². The van der Waals surface area contributed by atoms with Crippen LogP contribution in [0.1, 0.15) is 19.4 Å². The Bertz CT molecular complexity index is 774. The van der Waals surface area contributed by atoms with Crippen molar-refractivity contribution in [2.24, 2.45) is 5.92 Å². The molecule has 2 rings (SSSR count). The van der Waals surface area contributed by atoms with E-state index in [1.54, 1.807) is 20.0 Å². The zero-order chi connectivity index (χ0) is 18.0. The van der Waals surface area contributed by atoms with E-state index in [-0.39, 0.29) is 12.5 Å². The fourth-order valence-electron chi connectivity index (χ4n) is 2.11. The Morgan fingerprint density at radius 3 is 2.46 bits per heavy atom. The van der Waals surface area contributed by atoms with Crippen LogP contribution in [0.3, 0.4) is 0 Å². The number of alkyl halides is 3. The molecule has 0 saturated heterocycles. The average Bonchev–Trinajstić information content (AvgIpc) is 2.98. The molecule has 0 spiro atoms. The van der Waals surface area contributed by atoms with Gasteiger partial charge in [0, 0.05) is 12.2 Å². The lowest BCUT2D eigenvalue weighted by molar-refractivity contribution is -0.139. The van der Waals surface area contributed by atoms with Crippen LogP contribution < -0.4 is 4.72 Å². The van der Waals surface area contributed by atoms with Gasteiger partial charge in [-0.25, -0.2) is 13.1 Å². The van der Waals surface area contributed by atoms with E-state index in [0.29, 0.717) is 0 Å². The van der Waals surface area contributed by atoms with Gasteiger partial charge in [-0.3, -0.25) is 4.68 Å². The first-order chi connectivity index (χ1) is 11.1. The number of hydrogen-bond donors (Lipinski definition) is 1. The monoisotopic (exact) mass is 362 g/mol. The summed E-state index contributed by atoms with van der Waals surface area (Å²) in [7, 11) is -4.35. The highest BCUT2D eigenvalue weighted by Crippen LogP contribution is 2.34.